The average Bonchev–Trinajstić information content (AvgIpc) is 3.70. The van der Waals surface area contributed by atoms with Gasteiger partial charge in [0.2, 0.25) is 0 Å². The van der Waals surface area contributed by atoms with Gasteiger partial charge in [0.05, 0.1) is 34.7 Å². The van der Waals surface area contributed by atoms with E-state index in [2.05, 4.69) is 56.7 Å². The van der Waals surface area contributed by atoms with Crippen LogP contribution < -0.4 is 0 Å². The molecule has 0 radical (unpaired) electrons. The van der Waals surface area contributed by atoms with Crippen LogP contribution in [-0.2, 0) is 28.8 Å². The second-order valence-electron chi connectivity index (χ2n) is 16.3. The van der Waals surface area contributed by atoms with E-state index in [1.807, 2.05) is 18.2 Å². The predicted octanol–water partition coefficient (Wildman–Crippen LogP) is 9.94. The van der Waals surface area contributed by atoms with Gasteiger partial charge in [0, 0.05) is 36.5 Å². The molecule has 6 rings (SSSR count). The Balaban J connectivity index is 0.000000199. The zero-order valence-electron chi connectivity index (χ0n) is 32.4. The molecular formula is C42H61N5O4. The Morgan fingerprint density at radius 3 is 1.55 bits per heavy atom. The van der Waals surface area contributed by atoms with E-state index in [-0.39, 0.29) is 16.7 Å². The van der Waals surface area contributed by atoms with Gasteiger partial charge in [-0.25, -0.2) is 19.8 Å². The molecule has 1 amide bonds. The Hall–Kier alpha value is -3.72. The molecule has 51 heavy (non-hydrogen) atoms. The van der Waals surface area contributed by atoms with Gasteiger partial charge in [-0.15, -0.1) is 0 Å². The minimum atomic E-state index is -0.893. The van der Waals surface area contributed by atoms with Crippen LogP contribution in [0, 0.1) is 11.8 Å². The quantitative estimate of drug-likeness (QED) is 0.156. The van der Waals surface area contributed by atoms with Crippen LogP contribution in [0.3, 0.4) is 0 Å². The summed E-state index contributed by atoms with van der Waals surface area (Å²) in [6.07, 6.45) is 15.3. The van der Waals surface area contributed by atoms with Crippen LogP contribution in [-0.4, -0.2) is 55.3 Å². The van der Waals surface area contributed by atoms with Crippen LogP contribution >= 0.6 is 0 Å². The monoisotopic (exact) mass is 699 g/mol. The number of aromatic carboxylic acids is 1. The van der Waals surface area contributed by atoms with Gasteiger partial charge < -0.3 is 14.2 Å². The van der Waals surface area contributed by atoms with E-state index >= 15 is 0 Å². The van der Waals surface area contributed by atoms with Crippen molar-refractivity contribution in [2.45, 2.75) is 143 Å². The van der Waals surface area contributed by atoms with Gasteiger partial charge in [-0.3, -0.25) is 9.63 Å². The fourth-order valence-electron chi connectivity index (χ4n) is 7.77. The first-order valence-corrected chi connectivity index (χ1v) is 19.4. The Morgan fingerprint density at radius 1 is 0.745 bits per heavy atom. The van der Waals surface area contributed by atoms with Crippen molar-refractivity contribution in [2.24, 2.45) is 11.8 Å². The number of amides is 1. The van der Waals surface area contributed by atoms with Gasteiger partial charge in [0.25, 0.3) is 5.91 Å². The van der Waals surface area contributed by atoms with Crippen LogP contribution in [0.2, 0.25) is 0 Å². The minimum absolute atomic E-state index is 0.00117. The van der Waals surface area contributed by atoms with Crippen molar-refractivity contribution in [1.29, 1.82) is 0 Å². The topological polar surface area (TPSA) is 102 Å². The van der Waals surface area contributed by atoms with Crippen LogP contribution in [0.25, 0.3) is 22.1 Å². The molecule has 9 heteroatoms. The number of hydrogen-bond donors (Lipinski definition) is 1. The molecule has 2 aliphatic carbocycles. The standard InChI is InChI=1S/C22H33N3O2.C20H28N2O2/c1-6-22(2,3)21-23-18-14-17(20(26)24(4)27-5)12-13-19(18)25(21)15-16-10-8-7-9-11-16;1-4-20(2,3)19-21-16-12-15(18(23)24)10-11-17(16)22(19)13-14-8-6-5-7-9-14/h12-14,16H,6-11,15H2,1-5H3;10-12,14H,4-9,13H2,1-3H3,(H,23,24). The van der Waals surface area contributed by atoms with Gasteiger partial charge in [0.15, 0.2) is 0 Å². The molecule has 278 valence electrons. The SMILES string of the molecule is CCC(C)(C)c1nc2cc(C(=O)N(C)OC)ccc2n1CC1CCCCC1.CCC(C)(C)c1nc2cc(C(=O)O)ccc2n1CC1CCCCC1. The summed E-state index contributed by atoms with van der Waals surface area (Å²) in [7, 11) is 3.12. The number of carbonyl (C=O) groups excluding carboxylic acids is 1. The Kier molecular flexibility index (Phi) is 12.3. The highest BCUT2D eigenvalue weighted by Crippen LogP contribution is 2.35. The van der Waals surface area contributed by atoms with Gasteiger partial charge in [-0.05, 0) is 86.8 Å². The highest BCUT2D eigenvalue weighted by Gasteiger charge is 2.29. The van der Waals surface area contributed by atoms with E-state index in [9.17, 15) is 14.7 Å². The van der Waals surface area contributed by atoms with Gasteiger partial charge in [-0.1, -0.05) is 80.1 Å². The average molecular weight is 700 g/mol. The fraction of sp³-hybridized carbons (Fsp3) is 0.619. The predicted molar refractivity (Wildman–Crippen MR) is 205 cm³/mol. The Bertz CT molecular complexity index is 1810. The molecule has 0 unspecified atom stereocenters. The smallest absolute Gasteiger partial charge is 0.335 e. The lowest BCUT2D eigenvalue weighted by Crippen LogP contribution is -2.25. The number of imidazole rings is 2. The van der Waals surface area contributed by atoms with Crippen LogP contribution in [0.5, 0.6) is 0 Å². The van der Waals surface area contributed by atoms with Crippen LogP contribution in [0.4, 0.5) is 0 Å². The molecule has 2 aliphatic rings. The molecule has 9 nitrogen and oxygen atoms in total. The first-order chi connectivity index (χ1) is 24.3. The van der Waals surface area contributed by atoms with Crippen molar-refractivity contribution < 1.29 is 19.5 Å². The first kappa shape index (κ1) is 38.5. The third kappa shape index (κ3) is 8.67. The summed E-state index contributed by atoms with van der Waals surface area (Å²) in [4.78, 5) is 38.6. The van der Waals surface area contributed by atoms with E-state index in [0.717, 1.165) is 65.6 Å². The second kappa shape index (κ2) is 16.3. The van der Waals surface area contributed by atoms with Crippen LogP contribution in [0.15, 0.2) is 36.4 Å². The summed E-state index contributed by atoms with van der Waals surface area (Å²) < 4.78 is 4.78. The summed E-state index contributed by atoms with van der Waals surface area (Å²) in [5.74, 6) is 2.61. The molecule has 0 atom stereocenters. The highest BCUT2D eigenvalue weighted by molar-refractivity contribution is 5.97. The number of rotatable bonds is 11. The molecule has 4 aromatic rings. The molecule has 2 saturated carbocycles. The largest absolute Gasteiger partial charge is 0.478 e. The number of hydroxylamine groups is 2. The first-order valence-electron chi connectivity index (χ1n) is 19.4. The number of aromatic nitrogens is 4. The lowest BCUT2D eigenvalue weighted by atomic mass is 9.87. The molecular weight excluding hydrogens is 638 g/mol. The molecule has 2 aromatic carbocycles. The summed E-state index contributed by atoms with van der Waals surface area (Å²) in [6, 6.07) is 11.2. The molecule has 2 aromatic heterocycles. The third-order valence-electron chi connectivity index (χ3n) is 11.9. The molecule has 0 aliphatic heterocycles. The van der Waals surface area contributed by atoms with E-state index in [0.29, 0.717) is 17.0 Å². The maximum atomic E-state index is 12.4. The number of fused-ring (bicyclic) bond motifs is 2. The number of nitrogens with zero attached hydrogens (tertiary/aromatic N) is 5. The Morgan fingerprint density at radius 2 is 1.16 bits per heavy atom. The molecule has 0 saturated heterocycles. The molecule has 0 bridgehead atoms. The van der Waals surface area contributed by atoms with E-state index < -0.39 is 5.97 Å². The maximum Gasteiger partial charge on any atom is 0.335 e. The summed E-state index contributed by atoms with van der Waals surface area (Å²) in [6.45, 7) is 15.4. The number of benzene rings is 2. The number of carbonyl (C=O) groups is 2. The number of carboxylic acids is 1. The summed E-state index contributed by atoms with van der Waals surface area (Å²) >= 11 is 0. The molecule has 2 heterocycles. The Labute approximate surface area is 304 Å². The van der Waals surface area contributed by atoms with Crippen molar-refractivity contribution in [1.82, 2.24) is 24.2 Å². The zero-order chi connectivity index (χ0) is 36.9. The van der Waals surface area contributed by atoms with Crippen molar-refractivity contribution in [2.75, 3.05) is 14.2 Å². The lowest BCUT2D eigenvalue weighted by molar-refractivity contribution is -0.0756. The van der Waals surface area contributed by atoms with Gasteiger partial charge in [-0.2, -0.15) is 0 Å². The van der Waals surface area contributed by atoms with Crippen molar-refractivity contribution in [3.05, 3.63) is 59.2 Å². The summed E-state index contributed by atoms with van der Waals surface area (Å²) in [5.41, 5.74) is 4.81. The van der Waals surface area contributed by atoms with Gasteiger partial charge in [0.1, 0.15) is 11.6 Å². The maximum absolute atomic E-state index is 12.4. The molecule has 0 spiro atoms. The van der Waals surface area contributed by atoms with E-state index in [4.69, 9.17) is 14.8 Å². The molecule has 2 fully saturated rings. The molecule has 1 N–H and O–H groups in total. The van der Waals surface area contributed by atoms with Crippen molar-refractivity contribution in [3.8, 4) is 0 Å². The normalized spacial score (nSPS) is 16.3. The van der Waals surface area contributed by atoms with Crippen LogP contribution in [0.1, 0.15) is 151 Å². The third-order valence-corrected chi connectivity index (χ3v) is 11.9. The van der Waals surface area contributed by atoms with E-state index in [1.54, 1.807) is 19.2 Å². The minimum Gasteiger partial charge on any atom is -0.478 e. The highest BCUT2D eigenvalue weighted by atomic mass is 16.7. The van der Waals surface area contributed by atoms with Crippen molar-refractivity contribution >= 4 is 33.9 Å². The lowest BCUT2D eigenvalue weighted by Gasteiger charge is -2.27. The fourth-order valence-corrected chi connectivity index (χ4v) is 7.77. The number of carboxylic acid groups (broad SMARTS) is 1. The van der Waals surface area contributed by atoms with Crippen molar-refractivity contribution in [3.63, 3.8) is 0 Å². The summed E-state index contributed by atoms with van der Waals surface area (Å²) in [5, 5.41) is 10.5. The number of hydrogen-bond acceptors (Lipinski definition) is 5. The zero-order valence-corrected chi connectivity index (χ0v) is 32.4. The van der Waals surface area contributed by atoms with E-state index in [1.165, 1.54) is 76.4 Å². The second-order valence-corrected chi connectivity index (χ2v) is 16.3. The van der Waals surface area contributed by atoms with Gasteiger partial charge >= 0.3 is 5.97 Å².